The minimum atomic E-state index is -0.940. The summed E-state index contributed by atoms with van der Waals surface area (Å²) < 4.78 is 6.04. The second-order valence-electron chi connectivity index (χ2n) is 20.4. The zero-order valence-corrected chi connectivity index (χ0v) is 39.9. The molecule has 2 saturated carbocycles. The molecule has 13 rings (SSSR count). The number of H-pyrrole nitrogens is 2. The van der Waals surface area contributed by atoms with Crippen molar-refractivity contribution in [3.63, 3.8) is 0 Å². The van der Waals surface area contributed by atoms with Crippen molar-refractivity contribution < 1.29 is 24.5 Å². The van der Waals surface area contributed by atoms with Gasteiger partial charge in [0.2, 0.25) is 5.91 Å². The quantitative estimate of drug-likeness (QED) is 0.109. The summed E-state index contributed by atoms with van der Waals surface area (Å²) in [7, 11) is 0. The number of phenolic OH excluding ortho intramolecular Hbond substituents is 1. The fourth-order valence-corrected chi connectivity index (χ4v) is 12.3. The van der Waals surface area contributed by atoms with E-state index in [1.165, 1.54) is 19.3 Å². The Morgan fingerprint density at radius 1 is 0.797 bits per heavy atom. The molecular weight excluding hydrogens is 863 g/mol. The number of piperidine rings is 2. The molecule has 356 valence electrons. The molecule has 2 saturated heterocycles. The molecule has 5 N–H and O–H groups in total. The number of fused-ring (bicyclic) bond motifs is 8. The van der Waals surface area contributed by atoms with Gasteiger partial charge < -0.3 is 30.2 Å². The van der Waals surface area contributed by atoms with Crippen LogP contribution < -0.4 is 10.1 Å². The van der Waals surface area contributed by atoms with Gasteiger partial charge in [0.25, 0.3) is 0 Å². The van der Waals surface area contributed by atoms with Crippen molar-refractivity contribution in [2.45, 2.75) is 114 Å². The summed E-state index contributed by atoms with van der Waals surface area (Å²) in [5.41, 5.74) is 11.6. The molecule has 3 aromatic heterocycles. The molecule has 8 heterocycles. The topological polar surface area (TPSA) is 160 Å². The molecule has 0 unspecified atom stereocenters. The van der Waals surface area contributed by atoms with Gasteiger partial charge in [-0.25, -0.2) is 9.97 Å². The number of phenols is 1. The van der Waals surface area contributed by atoms with E-state index < -0.39 is 17.1 Å². The molecule has 1 spiro atoms. The Morgan fingerprint density at radius 2 is 1.41 bits per heavy atom. The number of Topliss-reactive ketones (excluding diaryl/α,β-unsaturated/α-hetero) is 1. The third-order valence-corrected chi connectivity index (χ3v) is 15.8. The van der Waals surface area contributed by atoms with Crippen LogP contribution >= 0.6 is 0 Å². The monoisotopic (exact) mass is 925 g/mol. The van der Waals surface area contributed by atoms with Gasteiger partial charge in [-0.3, -0.25) is 19.4 Å². The lowest BCUT2D eigenvalue weighted by atomic mass is 9.49. The molecule has 5 atom stereocenters. The number of aryl methyl sites for hydroxylation is 2. The highest BCUT2D eigenvalue weighted by molar-refractivity contribution is 5.96. The van der Waals surface area contributed by atoms with Crippen LogP contribution in [0.4, 0.5) is 5.69 Å². The van der Waals surface area contributed by atoms with Crippen LogP contribution in [0, 0.1) is 19.8 Å². The van der Waals surface area contributed by atoms with Crippen molar-refractivity contribution in [3.8, 4) is 11.5 Å². The number of carbonyl (C=O) groups is 2. The van der Waals surface area contributed by atoms with E-state index in [2.05, 4.69) is 66.2 Å². The van der Waals surface area contributed by atoms with E-state index in [1.807, 2.05) is 86.7 Å². The maximum atomic E-state index is 12.7. The number of ether oxygens (including phenoxy) is 1. The van der Waals surface area contributed by atoms with Gasteiger partial charge >= 0.3 is 0 Å². The van der Waals surface area contributed by atoms with E-state index >= 15 is 0 Å². The number of aromatic nitrogens is 4. The van der Waals surface area contributed by atoms with Crippen LogP contribution in [-0.2, 0) is 21.4 Å². The second-order valence-corrected chi connectivity index (χ2v) is 20.4. The standard InChI is InChI=1S/C20H14N4.C20H23NO4.C17H26N2O/c1-2-14-10-16-5-6-18(23-16)12-20-8-7-19(24-20)11-17-4-3-15(22-17)9-13(1)21-14;22-13-4-3-12-9-15-20(24)6-5-14(23)18-19(20,16(12)17(13)25-18)7-8-21(15)10-11-1-2-11;1-4-11-19-12-6-5-10-15(19)17(20)18-16-13(2)8-7-9-14(16)3/h1-12,21,24H;3-4,11,15,18,22,24H,1-2,5-10H2;7-9,15H,4-6,10-12H2,1-3H3,(H,18,20)/t;15-,18+,19+,20-;15-/m.10/s1. The lowest BCUT2D eigenvalue weighted by Gasteiger charge is -2.62. The molecule has 2 aromatic carbocycles. The summed E-state index contributed by atoms with van der Waals surface area (Å²) in [5, 5.41) is 25.5. The number of hydrogen-bond donors (Lipinski definition) is 5. The molecule has 4 fully saturated rings. The van der Waals surface area contributed by atoms with Crippen molar-refractivity contribution in [2.24, 2.45) is 5.92 Å². The highest BCUT2D eigenvalue weighted by atomic mass is 16.5. The first-order chi connectivity index (χ1) is 33.5. The molecule has 1 amide bonds. The molecule has 69 heavy (non-hydrogen) atoms. The van der Waals surface area contributed by atoms with Crippen molar-refractivity contribution in [3.05, 3.63) is 124 Å². The number of aliphatic hydroxyl groups is 1. The van der Waals surface area contributed by atoms with Gasteiger partial charge in [0, 0.05) is 52.3 Å². The van der Waals surface area contributed by atoms with Crippen LogP contribution in [-0.4, -0.2) is 102 Å². The highest BCUT2D eigenvalue weighted by Crippen LogP contribution is 2.65. The number of aromatic hydroxyl groups is 1. The first kappa shape index (κ1) is 45.1. The van der Waals surface area contributed by atoms with Crippen LogP contribution in [0.2, 0.25) is 0 Å². The molecular formula is C57H63N7O5. The number of amides is 1. The summed E-state index contributed by atoms with van der Waals surface area (Å²) in [6.07, 6.45) is 16.9. The molecule has 0 radical (unpaired) electrons. The molecule has 12 heteroatoms. The third-order valence-electron chi connectivity index (χ3n) is 15.8. The van der Waals surface area contributed by atoms with Crippen molar-refractivity contribution in [1.82, 2.24) is 29.7 Å². The summed E-state index contributed by atoms with van der Waals surface area (Å²) in [6.45, 7) is 10.3. The smallest absolute Gasteiger partial charge is 0.241 e. The predicted octanol–water partition coefficient (Wildman–Crippen LogP) is 9.69. The third kappa shape index (κ3) is 8.50. The lowest BCUT2D eigenvalue weighted by molar-refractivity contribution is -0.188. The number of nitrogens with zero attached hydrogens (tertiary/aromatic N) is 4. The van der Waals surface area contributed by atoms with Gasteiger partial charge in [-0.1, -0.05) is 37.6 Å². The Kier molecular flexibility index (Phi) is 11.9. The number of hydrogen-bond acceptors (Lipinski definition) is 9. The number of benzene rings is 2. The van der Waals surface area contributed by atoms with E-state index in [1.54, 1.807) is 6.07 Å². The fraction of sp³-hybridized carbons (Fsp3) is 0.404. The van der Waals surface area contributed by atoms with Crippen molar-refractivity contribution in [1.29, 1.82) is 0 Å². The van der Waals surface area contributed by atoms with Crippen molar-refractivity contribution in [2.75, 3.05) is 31.5 Å². The van der Waals surface area contributed by atoms with Crippen LogP contribution in [0.25, 0.3) is 46.4 Å². The number of ketones is 1. The van der Waals surface area contributed by atoms with Gasteiger partial charge in [0.1, 0.15) is 0 Å². The zero-order chi connectivity index (χ0) is 47.4. The summed E-state index contributed by atoms with van der Waals surface area (Å²) in [4.78, 5) is 46.2. The van der Waals surface area contributed by atoms with Crippen LogP contribution in [0.3, 0.4) is 0 Å². The largest absolute Gasteiger partial charge is 0.504 e. The lowest BCUT2D eigenvalue weighted by Crippen LogP contribution is -2.76. The molecule has 10 bridgehead atoms. The van der Waals surface area contributed by atoms with Crippen LogP contribution in [0.15, 0.2) is 78.9 Å². The first-order valence-electron chi connectivity index (χ1n) is 25.1. The van der Waals surface area contributed by atoms with E-state index in [9.17, 15) is 19.8 Å². The fourth-order valence-electron chi connectivity index (χ4n) is 12.3. The molecule has 12 nitrogen and oxygen atoms in total. The van der Waals surface area contributed by atoms with E-state index in [4.69, 9.17) is 4.74 Å². The number of para-hydroxylation sites is 1. The van der Waals surface area contributed by atoms with E-state index in [-0.39, 0.29) is 29.5 Å². The molecule has 5 aliphatic heterocycles. The Hall–Kier alpha value is -6.34. The average molecular weight is 926 g/mol. The van der Waals surface area contributed by atoms with Crippen LogP contribution in [0.1, 0.15) is 110 Å². The molecule has 8 aliphatic rings. The SMILES string of the molecule is C1=Cc2cc3ccc(cc4nc(cc5ccc(cc1n2)[nH]5)C=C4)[nH]3.CCCN1CCCC[C@H]1C(=O)Nc1c(C)cccc1C.O=C1CC[C@@]2(O)[C@H]3Cc4ccc(O)c5c4[C@@]2(CCN3CC2CC2)[C@H]1O5. The normalized spacial score (nSPS) is 25.2. The Balaban J connectivity index is 0.000000114. The number of likely N-dealkylation sites (tertiary alicyclic amines) is 2. The number of aromatic amines is 2. The van der Waals surface area contributed by atoms with Crippen LogP contribution in [0.5, 0.6) is 11.5 Å². The zero-order valence-electron chi connectivity index (χ0n) is 39.9. The summed E-state index contributed by atoms with van der Waals surface area (Å²) in [5.74, 6) is 1.55. The maximum Gasteiger partial charge on any atom is 0.241 e. The number of rotatable bonds is 6. The van der Waals surface area contributed by atoms with E-state index in [0.717, 1.165) is 137 Å². The Labute approximate surface area is 403 Å². The summed E-state index contributed by atoms with van der Waals surface area (Å²) in [6, 6.07) is 26.2. The maximum absolute atomic E-state index is 12.7. The minimum absolute atomic E-state index is 0.0442. The van der Waals surface area contributed by atoms with Gasteiger partial charge in [0.15, 0.2) is 23.4 Å². The van der Waals surface area contributed by atoms with E-state index in [0.29, 0.717) is 18.6 Å². The summed E-state index contributed by atoms with van der Waals surface area (Å²) >= 11 is 0. The van der Waals surface area contributed by atoms with Gasteiger partial charge in [-0.15, -0.1) is 0 Å². The van der Waals surface area contributed by atoms with Gasteiger partial charge in [0.05, 0.1) is 39.8 Å². The Morgan fingerprint density at radius 3 is 1.99 bits per heavy atom. The minimum Gasteiger partial charge on any atom is -0.504 e. The highest BCUT2D eigenvalue weighted by Gasteiger charge is 2.73. The Bertz CT molecular complexity index is 2860. The molecule has 5 aromatic rings. The van der Waals surface area contributed by atoms with Gasteiger partial charge in [-0.2, -0.15) is 0 Å². The first-order valence-corrected chi connectivity index (χ1v) is 25.1. The number of nitrogens with one attached hydrogen (secondary N) is 3. The molecule has 3 aliphatic carbocycles. The second kappa shape index (κ2) is 18.2. The number of carbonyl (C=O) groups excluding carboxylic acids is 2. The van der Waals surface area contributed by atoms with Gasteiger partial charge in [-0.05, 0) is 186 Å². The van der Waals surface area contributed by atoms with Crippen molar-refractivity contribution >= 4 is 63.7 Å². The average Bonchev–Trinajstić information content (AvgIpc) is 3.84. The number of anilines is 1. The predicted molar refractivity (Wildman–Crippen MR) is 273 cm³/mol.